The fraction of sp³-hybridized carbons (Fsp3) is 0.125. The maximum atomic E-state index is 12.3. The van der Waals surface area contributed by atoms with Crippen LogP contribution < -0.4 is 10.1 Å². The van der Waals surface area contributed by atoms with E-state index in [-0.39, 0.29) is 5.78 Å². The number of benzene rings is 2. The average molecular weight is 266 g/mol. The Labute approximate surface area is 117 Å². The Kier molecular flexibility index (Phi) is 2.99. The number of aryl methyl sites for hydroxylation is 1. The SMILES string of the molecule is COc1ccc(NC2=Nc3ccc(C)cc3C2=O)cc1. The molecule has 4 nitrogen and oxygen atoms in total. The summed E-state index contributed by atoms with van der Waals surface area (Å²) in [5.41, 5.74) is 3.23. The molecular weight excluding hydrogens is 252 g/mol. The van der Waals surface area contributed by atoms with Crippen molar-refractivity contribution in [1.82, 2.24) is 0 Å². The molecule has 0 radical (unpaired) electrons. The molecule has 1 N–H and O–H groups in total. The number of nitrogens with zero attached hydrogens (tertiary/aromatic N) is 1. The minimum Gasteiger partial charge on any atom is -0.497 e. The second-order valence-corrected chi connectivity index (χ2v) is 4.66. The fourth-order valence-electron chi connectivity index (χ4n) is 2.12. The average Bonchev–Trinajstić information content (AvgIpc) is 2.76. The van der Waals surface area contributed by atoms with Crippen molar-refractivity contribution in [2.24, 2.45) is 4.99 Å². The van der Waals surface area contributed by atoms with Crippen LogP contribution in [0, 0.1) is 6.92 Å². The molecule has 3 rings (SSSR count). The van der Waals surface area contributed by atoms with E-state index in [0.29, 0.717) is 11.4 Å². The Morgan fingerprint density at radius 1 is 1.10 bits per heavy atom. The van der Waals surface area contributed by atoms with Crippen molar-refractivity contribution in [1.29, 1.82) is 0 Å². The number of fused-ring (bicyclic) bond motifs is 1. The Balaban J connectivity index is 1.84. The van der Waals surface area contributed by atoms with Crippen molar-refractivity contribution < 1.29 is 9.53 Å². The highest BCUT2D eigenvalue weighted by atomic mass is 16.5. The van der Waals surface area contributed by atoms with Crippen LogP contribution in [0.1, 0.15) is 15.9 Å². The number of ketones is 1. The van der Waals surface area contributed by atoms with Crippen molar-refractivity contribution in [3.05, 3.63) is 53.6 Å². The van der Waals surface area contributed by atoms with E-state index >= 15 is 0 Å². The van der Waals surface area contributed by atoms with Crippen molar-refractivity contribution in [3.63, 3.8) is 0 Å². The summed E-state index contributed by atoms with van der Waals surface area (Å²) in [6, 6.07) is 13.0. The van der Waals surface area contributed by atoms with Gasteiger partial charge in [0.05, 0.1) is 18.4 Å². The summed E-state index contributed by atoms with van der Waals surface area (Å²) in [5, 5.41) is 3.05. The highest BCUT2D eigenvalue weighted by Crippen LogP contribution is 2.28. The van der Waals surface area contributed by atoms with Crippen LogP contribution in [0.5, 0.6) is 5.75 Å². The van der Waals surface area contributed by atoms with Crippen molar-refractivity contribution in [3.8, 4) is 5.75 Å². The van der Waals surface area contributed by atoms with E-state index in [0.717, 1.165) is 22.7 Å². The monoisotopic (exact) mass is 266 g/mol. The topological polar surface area (TPSA) is 50.7 Å². The lowest BCUT2D eigenvalue weighted by Gasteiger charge is -2.05. The predicted octanol–water partition coefficient (Wildman–Crippen LogP) is 3.34. The van der Waals surface area contributed by atoms with E-state index in [1.807, 2.05) is 49.4 Å². The Hall–Kier alpha value is -2.62. The quantitative estimate of drug-likeness (QED) is 0.907. The van der Waals surface area contributed by atoms with Crippen LogP contribution in [-0.4, -0.2) is 18.7 Å². The molecule has 1 aliphatic heterocycles. The number of aliphatic imine (C=N–C) groups is 1. The summed E-state index contributed by atoms with van der Waals surface area (Å²) in [5.74, 6) is 1.06. The van der Waals surface area contributed by atoms with Gasteiger partial charge in [0.1, 0.15) is 5.75 Å². The molecule has 0 aliphatic carbocycles. The zero-order chi connectivity index (χ0) is 14.1. The first kappa shape index (κ1) is 12.4. The second-order valence-electron chi connectivity index (χ2n) is 4.66. The minimum absolute atomic E-state index is 0.0699. The highest BCUT2D eigenvalue weighted by Gasteiger charge is 2.24. The highest BCUT2D eigenvalue weighted by molar-refractivity contribution is 6.52. The van der Waals surface area contributed by atoms with Gasteiger partial charge in [-0.1, -0.05) is 11.6 Å². The van der Waals surface area contributed by atoms with Crippen LogP contribution in [-0.2, 0) is 0 Å². The first-order valence-corrected chi connectivity index (χ1v) is 6.32. The Bertz CT molecular complexity index is 703. The third-order valence-electron chi connectivity index (χ3n) is 3.20. The molecule has 0 spiro atoms. The lowest BCUT2D eigenvalue weighted by atomic mass is 10.1. The van der Waals surface area contributed by atoms with E-state index in [1.54, 1.807) is 7.11 Å². The van der Waals surface area contributed by atoms with E-state index < -0.39 is 0 Å². The number of carbonyl (C=O) groups is 1. The number of amidine groups is 1. The van der Waals surface area contributed by atoms with Gasteiger partial charge in [-0.2, -0.15) is 0 Å². The van der Waals surface area contributed by atoms with Gasteiger partial charge in [-0.05, 0) is 43.3 Å². The molecule has 20 heavy (non-hydrogen) atoms. The van der Waals surface area contributed by atoms with E-state index in [9.17, 15) is 4.79 Å². The van der Waals surface area contributed by atoms with Crippen LogP contribution in [0.2, 0.25) is 0 Å². The summed E-state index contributed by atoms with van der Waals surface area (Å²) >= 11 is 0. The number of rotatable bonds is 2. The van der Waals surface area contributed by atoms with Gasteiger partial charge < -0.3 is 10.1 Å². The molecule has 0 atom stereocenters. The van der Waals surface area contributed by atoms with Gasteiger partial charge in [0.25, 0.3) is 0 Å². The molecule has 1 aliphatic rings. The minimum atomic E-state index is -0.0699. The van der Waals surface area contributed by atoms with Gasteiger partial charge in [-0.25, -0.2) is 4.99 Å². The van der Waals surface area contributed by atoms with Crippen LogP contribution >= 0.6 is 0 Å². The van der Waals surface area contributed by atoms with Gasteiger partial charge in [-0.15, -0.1) is 0 Å². The third kappa shape index (κ3) is 2.16. The van der Waals surface area contributed by atoms with Crippen LogP contribution in [0.25, 0.3) is 0 Å². The van der Waals surface area contributed by atoms with E-state index in [2.05, 4.69) is 10.3 Å². The number of nitrogens with one attached hydrogen (secondary N) is 1. The molecule has 0 bridgehead atoms. The number of Topliss-reactive ketones (excluding diaryl/α,β-unsaturated/α-hetero) is 1. The Morgan fingerprint density at radius 2 is 1.85 bits per heavy atom. The largest absolute Gasteiger partial charge is 0.497 e. The number of carbonyl (C=O) groups excluding carboxylic acids is 1. The number of hydrogen-bond donors (Lipinski definition) is 1. The second kappa shape index (κ2) is 4.81. The van der Waals surface area contributed by atoms with E-state index in [4.69, 9.17) is 4.74 Å². The van der Waals surface area contributed by atoms with Gasteiger partial charge in [0, 0.05) is 5.69 Å². The van der Waals surface area contributed by atoms with Crippen molar-refractivity contribution in [2.75, 3.05) is 12.4 Å². The maximum absolute atomic E-state index is 12.3. The molecule has 0 amide bonds. The molecule has 2 aromatic carbocycles. The Morgan fingerprint density at radius 3 is 2.55 bits per heavy atom. The summed E-state index contributed by atoms with van der Waals surface area (Å²) in [6.45, 7) is 1.96. The number of hydrogen-bond acceptors (Lipinski definition) is 4. The van der Waals surface area contributed by atoms with Gasteiger partial charge >= 0.3 is 0 Å². The van der Waals surface area contributed by atoms with Gasteiger partial charge in [0.15, 0.2) is 5.84 Å². The number of ether oxygens (including phenoxy) is 1. The summed E-state index contributed by atoms with van der Waals surface area (Å²) in [6.07, 6.45) is 0. The van der Waals surface area contributed by atoms with Crippen LogP contribution in [0.4, 0.5) is 11.4 Å². The fourth-order valence-corrected chi connectivity index (χ4v) is 2.12. The molecule has 4 heteroatoms. The molecule has 2 aromatic rings. The zero-order valence-corrected chi connectivity index (χ0v) is 11.3. The molecule has 100 valence electrons. The first-order valence-electron chi connectivity index (χ1n) is 6.32. The van der Waals surface area contributed by atoms with Gasteiger partial charge in [-0.3, -0.25) is 4.79 Å². The van der Waals surface area contributed by atoms with E-state index in [1.165, 1.54) is 0 Å². The lowest BCUT2D eigenvalue weighted by molar-refractivity contribution is 0.106. The lowest BCUT2D eigenvalue weighted by Crippen LogP contribution is -2.19. The van der Waals surface area contributed by atoms with Gasteiger partial charge in [0.2, 0.25) is 5.78 Å². The number of methoxy groups -OCH3 is 1. The molecule has 0 saturated carbocycles. The maximum Gasteiger partial charge on any atom is 0.230 e. The number of anilines is 1. The first-order chi connectivity index (χ1) is 9.67. The normalized spacial score (nSPS) is 12.9. The van der Waals surface area contributed by atoms with Crippen molar-refractivity contribution >= 4 is 23.0 Å². The molecule has 1 heterocycles. The molecular formula is C16H14N2O2. The standard InChI is InChI=1S/C16H14N2O2/c1-10-3-8-14-13(9-10)15(19)16(18-14)17-11-4-6-12(20-2)7-5-11/h3-9H,1-2H3,(H,17,18,19). The summed E-state index contributed by atoms with van der Waals surface area (Å²) in [7, 11) is 1.62. The summed E-state index contributed by atoms with van der Waals surface area (Å²) in [4.78, 5) is 16.6. The zero-order valence-electron chi connectivity index (χ0n) is 11.3. The van der Waals surface area contributed by atoms with Crippen LogP contribution in [0.15, 0.2) is 47.5 Å². The predicted molar refractivity (Wildman–Crippen MR) is 79.2 cm³/mol. The smallest absolute Gasteiger partial charge is 0.230 e. The molecule has 0 saturated heterocycles. The molecule has 0 aromatic heterocycles. The van der Waals surface area contributed by atoms with Crippen LogP contribution in [0.3, 0.4) is 0 Å². The summed E-state index contributed by atoms with van der Waals surface area (Å²) < 4.78 is 5.10. The van der Waals surface area contributed by atoms with Crippen molar-refractivity contribution in [2.45, 2.75) is 6.92 Å². The molecule has 0 unspecified atom stereocenters. The third-order valence-corrected chi connectivity index (χ3v) is 3.20. The molecule has 0 fully saturated rings.